The molecule has 0 saturated heterocycles. The molecule has 0 heterocycles. The molecule has 10 heteroatoms. The van der Waals surface area contributed by atoms with Gasteiger partial charge in [0.25, 0.3) is 0 Å². The first-order chi connectivity index (χ1) is 2.91. The van der Waals surface area contributed by atoms with Gasteiger partial charge in [0.2, 0.25) is 0 Å². The van der Waals surface area contributed by atoms with E-state index in [0.29, 0.717) is 0 Å². The van der Waals surface area contributed by atoms with Crippen molar-refractivity contribution in [2.75, 3.05) is 27.2 Å². The third-order valence-electron chi connectivity index (χ3n) is 0.547. The molecule has 0 spiro atoms. The molecular formula is C4H10Cl4Li2Mg2N2. The number of rotatable bonds is 3. The quantitative estimate of drug-likeness (QED) is 0.365. The summed E-state index contributed by atoms with van der Waals surface area (Å²) in [5, 5.41) is 7.66. The number of likely N-dealkylation sites (N-methyl/N-ethyl adjacent to an activating group) is 2. The van der Waals surface area contributed by atoms with Crippen LogP contribution in [0.2, 0.25) is 0 Å². The van der Waals surface area contributed by atoms with Crippen molar-refractivity contribution in [3.05, 3.63) is 10.6 Å². The molecule has 14 heavy (non-hydrogen) atoms. The van der Waals surface area contributed by atoms with Gasteiger partial charge < -0.3 is 60.3 Å². The van der Waals surface area contributed by atoms with Crippen molar-refractivity contribution in [2.24, 2.45) is 0 Å². The van der Waals surface area contributed by atoms with Crippen LogP contribution in [0.25, 0.3) is 10.6 Å². The number of halogens is 4. The van der Waals surface area contributed by atoms with Crippen molar-refractivity contribution >= 4 is 46.1 Å². The summed E-state index contributed by atoms with van der Waals surface area (Å²) >= 11 is 0. The van der Waals surface area contributed by atoms with E-state index in [1.54, 1.807) is 14.1 Å². The first kappa shape index (κ1) is 64.8. The summed E-state index contributed by atoms with van der Waals surface area (Å²) in [6.45, 7) is 1.74. The number of hydrogen-bond donors (Lipinski definition) is 0. The van der Waals surface area contributed by atoms with E-state index in [0.717, 1.165) is 13.1 Å². The Kier molecular flexibility index (Phi) is 319. The Morgan fingerprint density at radius 3 is 0.857 bits per heavy atom. The zero-order valence-corrected chi connectivity index (χ0v) is 15.1. The Morgan fingerprint density at radius 1 is 0.643 bits per heavy atom. The molecule has 0 radical (unpaired) electrons. The number of nitrogens with zero attached hydrogens (tertiary/aromatic N) is 2. The Bertz CT molecular complexity index is 43.3. The topological polar surface area (TPSA) is 28.2 Å². The van der Waals surface area contributed by atoms with E-state index < -0.39 is 0 Å². The normalized spacial score (nSPS) is 3.86. The summed E-state index contributed by atoms with van der Waals surface area (Å²) in [6.07, 6.45) is 0. The monoisotopic (exact) mass is 288 g/mol. The van der Waals surface area contributed by atoms with Gasteiger partial charge in [-0.05, 0) is 0 Å². The van der Waals surface area contributed by atoms with E-state index in [4.69, 9.17) is 0 Å². The molecule has 0 aromatic rings. The summed E-state index contributed by atoms with van der Waals surface area (Å²) in [6, 6.07) is 0. The van der Waals surface area contributed by atoms with Crippen LogP contribution < -0.4 is 87.3 Å². The molecule has 0 amide bonds. The molecule has 0 fully saturated rings. The van der Waals surface area contributed by atoms with E-state index in [1.807, 2.05) is 0 Å². The summed E-state index contributed by atoms with van der Waals surface area (Å²) in [5.41, 5.74) is 0. The zero-order valence-electron chi connectivity index (χ0n) is 9.23. The van der Waals surface area contributed by atoms with Crippen LogP contribution in [0, 0.1) is 0 Å². The Morgan fingerprint density at radius 2 is 0.786 bits per heavy atom. The molecule has 0 aliphatic rings. The van der Waals surface area contributed by atoms with E-state index in [9.17, 15) is 0 Å². The minimum atomic E-state index is 0. The third kappa shape index (κ3) is 74.8. The van der Waals surface area contributed by atoms with Crippen LogP contribution in [-0.4, -0.2) is 73.3 Å². The van der Waals surface area contributed by atoms with Gasteiger partial charge >= 0.3 is 83.8 Å². The predicted octanol–water partition coefficient (Wildman–Crippen LogP) is -17.7. The molecule has 0 saturated carbocycles. The zero-order chi connectivity index (χ0) is 4.83. The maximum absolute atomic E-state index is 3.83. The fourth-order valence-corrected chi connectivity index (χ4v) is 0.200. The van der Waals surface area contributed by atoms with Crippen LogP contribution in [0.3, 0.4) is 0 Å². The van der Waals surface area contributed by atoms with E-state index in [-0.39, 0.29) is 133 Å². The fraction of sp³-hybridized carbons (Fsp3) is 1.00. The molecule has 0 atom stereocenters. The second kappa shape index (κ2) is 68.9. The molecule has 0 bridgehead atoms. The van der Waals surface area contributed by atoms with Gasteiger partial charge in [0.1, 0.15) is 0 Å². The fourth-order valence-electron chi connectivity index (χ4n) is 0.200. The first-order valence-electron chi connectivity index (χ1n) is 2.03. The molecule has 70 valence electrons. The van der Waals surface area contributed by atoms with Gasteiger partial charge in [0.15, 0.2) is 0 Å². The van der Waals surface area contributed by atoms with Crippen LogP contribution >= 0.6 is 0 Å². The average Bonchev–Trinajstić information content (AvgIpc) is 1.61. The minimum absolute atomic E-state index is 0. The second-order valence-electron chi connectivity index (χ2n) is 1.08. The van der Waals surface area contributed by atoms with Gasteiger partial charge in [-0.1, -0.05) is 0 Å². The second-order valence-corrected chi connectivity index (χ2v) is 1.08. The predicted molar refractivity (Wildman–Crippen MR) is 39.8 cm³/mol. The van der Waals surface area contributed by atoms with Crippen molar-refractivity contribution in [2.45, 2.75) is 0 Å². The molecule has 0 aromatic heterocycles. The van der Waals surface area contributed by atoms with Gasteiger partial charge in [-0.25, -0.2) is 0 Å². The largest absolute Gasteiger partial charge is 2.00 e. The Hall–Kier alpha value is 3.81. The van der Waals surface area contributed by atoms with Crippen molar-refractivity contribution in [3.8, 4) is 0 Å². The van der Waals surface area contributed by atoms with Crippen molar-refractivity contribution in [1.29, 1.82) is 0 Å². The molecular weight excluding hydrogens is 280 g/mol. The van der Waals surface area contributed by atoms with Gasteiger partial charge in [-0.15, -0.1) is 0 Å². The van der Waals surface area contributed by atoms with Gasteiger partial charge in [0, 0.05) is 0 Å². The van der Waals surface area contributed by atoms with Crippen LogP contribution in [-0.2, 0) is 0 Å². The van der Waals surface area contributed by atoms with E-state index in [2.05, 4.69) is 10.6 Å². The van der Waals surface area contributed by atoms with Crippen LogP contribution in [0.15, 0.2) is 0 Å². The molecule has 0 aliphatic carbocycles. The maximum atomic E-state index is 3.83. The maximum Gasteiger partial charge on any atom is 2.00 e. The summed E-state index contributed by atoms with van der Waals surface area (Å²) in [4.78, 5) is 0. The first-order valence-corrected chi connectivity index (χ1v) is 2.03. The van der Waals surface area contributed by atoms with E-state index in [1.165, 1.54) is 0 Å². The number of hydrogen-bond acceptors (Lipinski definition) is 0. The summed E-state index contributed by atoms with van der Waals surface area (Å²) in [5.74, 6) is 0. The smallest absolute Gasteiger partial charge is 1.00 e. The third-order valence-corrected chi connectivity index (χ3v) is 0.547. The standard InChI is InChI=1S/C4H10N2.4ClH.2Li.2Mg/c1-5-3-4-6-2;;;;;;;;/h3-4H2,1-2H3;4*1H;;;;/q-2;;;;;2*+1;2*+2/p-4. The van der Waals surface area contributed by atoms with Crippen LogP contribution in [0.5, 0.6) is 0 Å². The van der Waals surface area contributed by atoms with Crippen molar-refractivity contribution in [1.82, 2.24) is 0 Å². The molecule has 0 rings (SSSR count). The van der Waals surface area contributed by atoms with Gasteiger partial charge in [-0.2, -0.15) is 27.2 Å². The molecule has 0 aromatic carbocycles. The van der Waals surface area contributed by atoms with Gasteiger partial charge in [-0.3, -0.25) is 0 Å². The van der Waals surface area contributed by atoms with Crippen molar-refractivity contribution < 1.29 is 87.3 Å². The van der Waals surface area contributed by atoms with E-state index >= 15 is 0 Å². The summed E-state index contributed by atoms with van der Waals surface area (Å²) < 4.78 is 0. The summed E-state index contributed by atoms with van der Waals surface area (Å²) in [7, 11) is 3.59. The molecule has 0 aliphatic heterocycles. The Balaban J connectivity index is -0.00000000446. The van der Waals surface area contributed by atoms with Crippen molar-refractivity contribution in [3.63, 3.8) is 0 Å². The average molecular weight is 290 g/mol. The van der Waals surface area contributed by atoms with Crippen LogP contribution in [0.4, 0.5) is 0 Å². The Labute approximate surface area is 169 Å². The SMILES string of the molecule is C[N-]CC[N-]C.[Cl-].[Cl-].[Cl-].[Cl-].[Li+].[Li+].[Mg+2].[Mg+2]. The van der Waals surface area contributed by atoms with Gasteiger partial charge in [0.05, 0.1) is 0 Å². The molecule has 2 nitrogen and oxygen atoms in total. The molecule has 0 N–H and O–H groups in total. The molecule has 0 unspecified atom stereocenters. The minimum Gasteiger partial charge on any atom is -1.00 e. The van der Waals surface area contributed by atoms with Crippen LogP contribution in [0.1, 0.15) is 0 Å².